The van der Waals surface area contributed by atoms with Crippen LogP contribution in [-0.4, -0.2) is 25.1 Å². The van der Waals surface area contributed by atoms with Gasteiger partial charge in [0, 0.05) is 16.5 Å². The SMILES string of the molecule is COc1ccc(OC)c([C@H](C)NC(=O)c2sc(-c3ccsc3)nc2C)c1. The normalized spacial score (nSPS) is 11.8. The first kappa shape index (κ1) is 18.4. The Hall–Kier alpha value is -2.38. The molecule has 3 rings (SSSR count). The molecule has 7 heteroatoms. The fourth-order valence-corrected chi connectivity index (χ4v) is 4.32. The maximum Gasteiger partial charge on any atom is 0.263 e. The second-order valence-corrected chi connectivity index (χ2v) is 7.53. The zero-order valence-electron chi connectivity index (χ0n) is 15.0. The van der Waals surface area contributed by atoms with E-state index in [-0.39, 0.29) is 11.9 Å². The Morgan fingerprint density at radius 3 is 2.69 bits per heavy atom. The largest absolute Gasteiger partial charge is 0.497 e. The average Bonchev–Trinajstić information content (AvgIpc) is 3.30. The molecule has 26 heavy (non-hydrogen) atoms. The van der Waals surface area contributed by atoms with Gasteiger partial charge in [0.1, 0.15) is 21.4 Å². The second-order valence-electron chi connectivity index (χ2n) is 5.75. The first-order chi connectivity index (χ1) is 12.5. The molecule has 0 bridgehead atoms. The number of benzene rings is 1. The van der Waals surface area contributed by atoms with Crippen LogP contribution < -0.4 is 14.8 Å². The van der Waals surface area contributed by atoms with Crippen LogP contribution in [0.3, 0.4) is 0 Å². The van der Waals surface area contributed by atoms with Gasteiger partial charge in [-0.3, -0.25) is 4.79 Å². The molecule has 1 atom stereocenters. The predicted molar refractivity (Wildman–Crippen MR) is 106 cm³/mol. The minimum absolute atomic E-state index is 0.140. The summed E-state index contributed by atoms with van der Waals surface area (Å²) in [6.07, 6.45) is 0. The van der Waals surface area contributed by atoms with Crippen LogP contribution in [0.25, 0.3) is 10.6 Å². The number of nitrogens with one attached hydrogen (secondary N) is 1. The highest BCUT2D eigenvalue weighted by Gasteiger charge is 2.20. The van der Waals surface area contributed by atoms with Crippen LogP contribution in [0.5, 0.6) is 11.5 Å². The molecule has 1 amide bonds. The number of nitrogens with zero attached hydrogens (tertiary/aromatic N) is 1. The molecule has 2 heterocycles. The van der Waals surface area contributed by atoms with E-state index in [2.05, 4.69) is 10.3 Å². The van der Waals surface area contributed by atoms with Gasteiger partial charge in [0.25, 0.3) is 5.91 Å². The van der Waals surface area contributed by atoms with Crippen molar-refractivity contribution in [3.63, 3.8) is 0 Å². The van der Waals surface area contributed by atoms with Crippen LogP contribution in [0.4, 0.5) is 0 Å². The fraction of sp³-hybridized carbons (Fsp3) is 0.263. The lowest BCUT2D eigenvalue weighted by atomic mass is 10.1. The van der Waals surface area contributed by atoms with E-state index >= 15 is 0 Å². The molecule has 0 aliphatic rings. The van der Waals surface area contributed by atoms with Crippen molar-refractivity contribution in [2.24, 2.45) is 0 Å². The van der Waals surface area contributed by atoms with Gasteiger partial charge in [-0.15, -0.1) is 11.3 Å². The van der Waals surface area contributed by atoms with Crippen LogP contribution >= 0.6 is 22.7 Å². The van der Waals surface area contributed by atoms with Crippen molar-refractivity contribution in [2.45, 2.75) is 19.9 Å². The molecule has 0 unspecified atom stereocenters. The molecule has 1 N–H and O–H groups in total. The van der Waals surface area contributed by atoms with Crippen LogP contribution in [0.1, 0.15) is 33.9 Å². The summed E-state index contributed by atoms with van der Waals surface area (Å²) in [6.45, 7) is 3.78. The number of hydrogen-bond donors (Lipinski definition) is 1. The summed E-state index contributed by atoms with van der Waals surface area (Å²) in [5.41, 5.74) is 2.64. The first-order valence-electron chi connectivity index (χ1n) is 8.06. The summed E-state index contributed by atoms with van der Waals surface area (Å²) in [6, 6.07) is 7.31. The van der Waals surface area contributed by atoms with Crippen LogP contribution in [-0.2, 0) is 0 Å². The molecule has 5 nitrogen and oxygen atoms in total. The van der Waals surface area contributed by atoms with Crippen LogP contribution in [0.2, 0.25) is 0 Å². The Morgan fingerprint density at radius 2 is 2.04 bits per heavy atom. The Kier molecular flexibility index (Phi) is 5.58. The number of hydrogen-bond acceptors (Lipinski definition) is 6. The number of carbonyl (C=O) groups excluding carboxylic acids is 1. The summed E-state index contributed by atoms with van der Waals surface area (Å²) in [7, 11) is 3.22. The number of aromatic nitrogens is 1. The molecule has 0 aliphatic heterocycles. The number of aryl methyl sites for hydroxylation is 1. The minimum Gasteiger partial charge on any atom is -0.497 e. The number of ether oxygens (including phenoxy) is 2. The molecule has 136 valence electrons. The summed E-state index contributed by atoms with van der Waals surface area (Å²) < 4.78 is 10.7. The van der Waals surface area contributed by atoms with Crippen molar-refractivity contribution in [1.82, 2.24) is 10.3 Å². The number of amides is 1. The lowest BCUT2D eigenvalue weighted by molar-refractivity contribution is 0.0942. The number of methoxy groups -OCH3 is 2. The maximum atomic E-state index is 12.8. The molecule has 1 aromatic carbocycles. The third-order valence-corrected chi connectivity index (χ3v) is 5.91. The molecule has 0 saturated heterocycles. The van der Waals surface area contributed by atoms with E-state index in [1.807, 2.05) is 48.9 Å². The van der Waals surface area contributed by atoms with Gasteiger partial charge in [-0.2, -0.15) is 11.3 Å². The molecular weight excluding hydrogens is 368 g/mol. The van der Waals surface area contributed by atoms with Gasteiger partial charge in [0.15, 0.2) is 0 Å². The van der Waals surface area contributed by atoms with Crippen molar-refractivity contribution in [2.75, 3.05) is 14.2 Å². The zero-order chi connectivity index (χ0) is 18.7. The van der Waals surface area contributed by atoms with E-state index in [4.69, 9.17) is 9.47 Å². The second kappa shape index (κ2) is 7.88. The lowest BCUT2D eigenvalue weighted by Gasteiger charge is -2.18. The van der Waals surface area contributed by atoms with Gasteiger partial charge >= 0.3 is 0 Å². The van der Waals surface area contributed by atoms with Crippen molar-refractivity contribution >= 4 is 28.6 Å². The quantitative estimate of drug-likeness (QED) is 0.666. The van der Waals surface area contributed by atoms with Gasteiger partial charge in [0.2, 0.25) is 0 Å². The topological polar surface area (TPSA) is 60.5 Å². The standard InChI is InChI=1S/C19H20N2O3S2/c1-11(15-9-14(23-3)5-6-16(15)24-4)20-18(22)17-12(2)21-19(26-17)13-7-8-25-10-13/h5-11H,1-4H3,(H,20,22)/t11-/m0/s1. The third-order valence-electron chi connectivity index (χ3n) is 4.02. The van der Waals surface area contributed by atoms with Crippen LogP contribution in [0.15, 0.2) is 35.0 Å². The van der Waals surface area contributed by atoms with Gasteiger partial charge in [-0.25, -0.2) is 4.98 Å². The summed E-state index contributed by atoms with van der Waals surface area (Å²) in [5, 5.41) is 7.93. The van der Waals surface area contributed by atoms with E-state index in [1.165, 1.54) is 11.3 Å². The van der Waals surface area contributed by atoms with E-state index in [0.717, 1.165) is 27.6 Å². The highest BCUT2D eigenvalue weighted by molar-refractivity contribution is 7.17. The summed E-state index contributed by atoms with van der Waals surface area (Å²) >= 11 is 3.02. The molecular formula is C19H20N2O3S2. The van der Waals surface area contributed by atoms with Gasteiger partial charge < -0.3 is 14.8 Å². The maximum absolute atomic E-state index is 12.8. The highest BCUT2D eigenvalue weighted by atomic mass is 32.1. The highest BCUT2D eigenvalue weighted by Crippen LogP contribution is 2.32. The zero-order valence-corrected chi connectivity index (χ0v) is 16.7. The van der Waals surface area contributed by atoms with E-state index in [0.29, 0.717) is 10.6 Å². The fourth-order valence-electron chi connectivity index (χ4n) is 2.63. The molecule has 0 radical (unpaired) electrons. The van der Waals surface area contributed by atoms with Crippen molar-refractivity contribution in [3.8, 4) is 22.1 Å². The Labute approximate surface area is 160 Å². The summed E-state index contributed by atoms with van der Waals surface area (Å²) in [5.74, 6) is 1.29. The number of rotatable bonds is 6. The van der Waals surface area contributed by atoms with Crippen LogP contribution in [0, 0.1) is 6.92 Å². The summed E-state index contributed by atoms with van der Waals surface area (Å²) in [4.78, 5) is 17.9. The lowest BCUT2D eigenvalue weighted by Crippen LogP contribution is -2.26. The Balaban J connectivity index is 1.82. The molecule has 3 aromatic rings. The number of carbonyl (C=O) groups is 1. The Morgan fingerprint density at radius 1 is 1.23 bits per heavy atom. The van der Waals surface area contributed by atoms with E-state index < -0.39 is 0 Å². The van der Waals surface area contributed by atoms with Crippen molar-refractivity contribution in [1.29, 1.82) is 0 Å². The minimum atomic E-state index is -0.237. The molecule has 0 saturated carbocycles. The molecule has 0 fully saturated rings. The van der Waals surface area contributed by atoms with Gasteiger partial charge in [0.05, 0.1) is 26.0 Å². The first-order valence-corrected chi connectivity index (χ1v) is 9.82. The molecule has 0 spiro atoms. The van der Waals surface area contributed by atoms with Crippen molar-refractivity contribution < 1.29 is 14.3 Å². The van der Waals surface area contributed by atoms with Crippen molar-refractivity contribution in [3.05, 3.63) is 51.2 Å². The van der Waals surface area contributed by atoms with Gasteiger partial charge in [-0.1, -0.05) is 0 Å². The molecule has 2 aromatic heterocycles. The monoisotopic (exact) mass is 388 g/mol. The smallest absolute Gasteiger partial charge is 0.263 e. The van der Waals surface area contributed by atoms with E-state index in [9.17, 15) is 4.79 Å². The predicted octanol–water partition coefficient (Wildman–Crippen LogP) is 4.69. The van der Waals surface area contributed by atoms with Gasteiger partial charge in [-0.05, 0) is 43.5 Å². The number of thiazole rings is 1. The average molecular weight is 389 g/mol. The molecule has 0 aliphatic carbocycles. The Bertz CT molecular complexity index is 904. The number of thiophene rings is 1. The van der Waals surface area contributed by atoms with E-state index in [1.54, 1.807) is 25.6 Å². The third kappa shape index (κ3) is 3.73.